The van der Waals surface area contributed by atoms with Gasteiger partial charge in [-0.05, 0) is 49.4 Å². The quantitative estimate of drug-likeness (QED) is 0.460. The van der Waals surface area contributed by atoms with Gasteiger partial charge in [-0.3, -0.25) is 4.79 Å². The van der Waals surface area contributed by atoms with Crippen LogP contribution in [0.15, 0.2) is 38.8 Å². The number of benzene rings is 1. The zero-order chi connectivity index (χ0) is 21.6. The van der Waals surface area contributed by atoms with Gasteiger partial charge in [-0.15, -0.1) is 10.2 Å². The number of hydrogen-bond donors (Lipinski definition) is 1. The summed E-state index contributed by atoms with van der Waals surface area (Å²) in [5.41, 5.74) is 0.632. The topological polar surface area (TPSA) is 105 Å². The van der Waals surface area contributed by atoms with Crippen LogP contribution in [0.5, 0.6) is 0 Å². The minimum atomic E-state index is -3.49. The van der Waals surface area contributed by atoms with Crippen molar-refractivity contribution < 1.29 is 17.6 Å². The molecule has 10 heteroatoms. The Kier molecular flexibility index (Phi) is 7.90. The first-order valence-electron chi connectivity index (χ1n) is 10.2. The molecule has 1 aliphatic rings. The van der Waals surface area contributed by atoms with Gasteiger partial charge in [-0.1, -0.05) is 32.0 Å². The first kappa shape index (κ1) is 22.8. The third-order valence-corrected chi connectivity index (χ3v) is 7.80. The highest BCUT2D eigenvalue weighted by Crippen LogP contribution is 2.27. The number of amides is 1. The maximum Gasteiger partial charge on any atom is 0.277 e. The van der Waals surface area contributed by atoms with Gasteiger partial charge in [-0.25, -0.2) is 8.42 Å². The summed E-state index contributed by atoms with van der Waals surface area (Å²) in [7, 11) is -3.49. The zero-order valence-corrected chi connectivity index (χ0v) is 19.0. The average molecular weight is 453 g/mol. The molecule has 0 radical (unpaired) electrons. The van der Waals surface area contributed by atoms with Crippen LogP contribution in [-0.2, 0) is 14.8 Å². The highest BCUT2D eigenvalue weighted by molar-refractivity contribution is 7.99. The van der Waals surface area contributed by atoms with Gasteiger partial charge < -0.3 is 9.73 Å². The lowest BCUT2D eigenvalue weighted by atomic mass is 10.0. The van der Waals surface area contributed by atoms with Crippen molar-refractivity contribution in [3.05, 3.63) is 24.3 Å². The fraction of sp³-hybridized carbons (Fsp3) is 0.550. The van der Waals surface area contributed by atoms with Crippen molar-refractivity contribution >= 4 is 27.7 Å². The molecule has 164 valence electrons. The van der Waals surface area contributed by atoms with Crippen molar-refractivity contribution in [2.75, 3.05) is 25.4 Å². The molecule has 1 N–H and O–H groups in total. The summed E-state index contributed by atoms with van der Waals surface area (Å²) in [6, 6.07) is 6.47. The highest BCUT2D eigenvalue weighted by Gasteiger charge is 2.28. The molecule has 3 rings (SSSR count). The van der Waals surface area contributed by atoms with Crippen LogP contribution in [0.1, 0.15) is 39.5 Å². The van der Waals surface area contributed by atoms with Crippen molar-refractivity contribution in [3.8, 4) is 11.5 Å². The van der Waals surface area contributed by atoms with Crippen LogP contribution in [0.2, 0.25) is 0 Å². The van der Waals surface area contributed by atoms with E-state index in [-0.39, 0.29) is 16.6 Å². The standard InChI is InChI=1S/C20H28N4O4S2/c1-3-4-11-21-18(25)14-29-20-23-22-19(28-20)16-5-7-17(8-6-16)30(26,27)24-12-9-15(2)10-13-24/h5-8,15H,3-4,9-14H2,1-2H3,(H,21,25). The van der Waals surface area contributed by atoms with Crippen LogP contribution in [0.3, 0.4) is 0 Å². The van der Waals surface area contributed by atoms with E-state index in [9.17, 15) is 13.2 Å². The summed E-state index contributed by atoms with van der Waals surface area (Å²) in [5, 5.41) is 11.1. The molecule has 0 unspecified atom stereocenters. The second-order valence-corrected chi connectivity index (χ2v) is 10.3. The fourth-order valence-electron chi connectivity index (χ4n) is 3.11. The average Bonchev–Trinajstić information content (AvgIpc) is 3.22. The van der Waals surface area contributed by atoms with E-state index in [1.807, 2.05) is 0 Å². The summed E-state index contributed by atoms with van der Waals surface area (Å²) >= 11 is 1.17. The first-order valence-corrected chi connectivity index (χ1v) is 12.7. The number of hydrogen-bond acceptors (Lipinski definition) is 7. The predicted molar refractivity (Wildman–Crippen MR) is 116 cm³/mol. The third kappa shape index (κ3) is 5.83. The zero-order valence-electron chi connectivity index (χ0n) is 17.3. The van der Waals surface area contributed by atoms with Crippen LogP contribution in [0.25, 0.3) is 11.5 Å². The Bertz CT molecular complexity index is 936. The SMILES string of the molecule is CCCCNC(=O)CSc1nnc(-c2ccc(S(=O)(=O)N3CCC(C)CC3)cc2)o1. The third-order valence-electron chi connectivity index (χ3n) is 5.07. The Labute approximate surface area is 181 Å². The second kappa shape index (κ2) is 10.4. The molecule has 2 aromatic rings. The van der Waals surface area contributed by atoms with Crippen molar-refractivity contribution in [1.29, 1.82) is 0 Å². The number of thioether (sulfide) groups is 1. The van der Waals surface area contributed by atoms with Crippen molar-refractivity contribution in [2.45, 2.75) is 49.6 Å². The number of aromatic nitrogens is 2. The molecule has 1 aliphatic heterocycles. The van der Waals surface area contributed by atoms with E-state index < -0.39 is 10.0 Å². The smallest absolute Gasteiger partial charge is 0.277 e. The molecule has 2 heterocycles. The van der Waals surface area contributed by atoms with Gasteiger partial charge in [0.15, 0.2) is 0 Å². The number of sulfonamides is 1. The summed E-state index contributed by atoms with van der Waals surface area (Å²) in [6.07, 6.45) is 3.74. The number of rotatable bonds is 9. The lowest BCUT2D eigenvalue weighted by Crippen LogP contribution is -2.37. The van der Waals surface area contributed by atoms with E-state index in [0.29, 0.717) is 42.2 Å². The maximum atomic E-state index is 12.8. The number of nitrogens with one attached hydrogen (secondary N) is 1. The lowest BCUT2D eigenvalue weighted by Gasteiger charge is -2.29. The van der Waals surface area contributed by atoms with Gasteiger partial charge in [0, 0.05) is 25.2 Å². The molecule has 1 amide bonds. The molecule has 0 atom stereocenters. The number of carbonyl (C=O) groups excluding carboxylic acids is 1. The fourth-order valence-corrected chi connectivity index (χ4v) is 5.17. The van der Waals surface area contributed by atoms with E-state index in [1.165, 1.54) is 11.8 Å². The largest absolute Gasteiger partial charge is 0.411 e. The van der Waals surface area contributed by atoms with Gasteiger partial charge in [0.2, 0.25) is 21.8 Å². The molecular formula is C20H28N4O4S2. The van der Waals surface area contributed by atoms with E-state index in [2.05, 4.69) is 29.4 Å². The normalized spacial score (nSPS) is 15.9. The van der Waals surface area contributed by atoms with Gasteiger partial charge in [0.05, 0.1) is 10.6 Å². The number of carbonyl (C=O) groups is 1. The molecule has 8 nitrogen and oxygen atoms in total. The number of piperidine rings is 1. The van der Waals surface area contributed by atoms with Gasteiger partial charge in [0.1, 0.15) is 0 Å². The molecule has 1 aromatic heterocycles. The molecule has 0 saturated carbocycles. The van der Waals surface area contributed by atoms with E-state index in [0.717, 1.165) is 25.7 Å². The molecule has 30 heavy (non-hydrogen) atoms. The monoisotopic (exact) mass is 452 g/mol. The van der Waals surface area contributed by atoms with Crippen LogP contribution < -0.4 is 5.32 Å². The van der Waals surface area contributed by atoms with Gasteiger partial charge >= 0.3 is 0 Å². The number of unbranched alkanes of at least 4 members (excludes halogenated alkanes) is 1. The van der Waals surface area contributed by atoms with Gasteiger partial charge in [-0.2, -0.15) is 4.31 Å². The molecule has 1 saturated heterocycles. The van der Waals surface area contributed by atoms with Crippen LogP contribution in [-0.4, -0.2) is 54.2 Å². The van der Waals surface area contributed by atoms with Crippen molar-refractivity contribution in [2.24, 2.45) is 5.92 Å². The van der Waals surface area contributed by atoms with E-state index >= 15 is 0 Å². The molecule has 1 aromatic carbocycles. The Balaban J connectivity index is 1.59. The Morgan fingerprint density at radius 2 is 1.93 bits per heavy atom. The Hall–Kier alpha value is -1.91. The first-order chi connectivity index (χ1) is 14.4. The van der Waals surface area contributed by atoms with Gasteiger partial charge in [0.25, 0.3) is 5.22 Å². The van der Waals surface area contributed by atoms with Crippen LogP contribution in [0.4, 0.5) is 0 Å². The summed E-state index contributed by atoms with van der Waals surface area (Å²) < 4.78 is 32.8. The number of nitrogens with zero attached hydrogens (tertiary/aromatic N) is 3. The maximum absolute atomic E-state index is 12.8. The van der Waals surface area contributed by atoms with Crippen LogP contribution in [0, 0.1) is 5.92 Å². The molecule has 0 aliphatic carbocycles. The molecule has 0 spiro atoms. The van der Waals surface area contributed by atoms with Crippen LogP contribution >= 0.6 is 11.8 Å². The molecular weight excluding hydrogens is 424 g/mol. The summed E-state index contributed by atoms with van der Waals surface area (Å²) in [4.78, 5) is 12.0. The Morgan fingerprint density at radius 1 is 1.23 bits per heavy atom. The van der Waals surface area contributed by atoms with E-state index in [1.54, 1.807) is 28.6 Å². The van der Waals surface area contributed by atoms with Crippen molar-refractivity contribution in [1.82, 2.24) is 19.8 Å². The second-order valence-electron chi connectivity index (χ2n) is 7.48. The van der Waals surface area contributed by atoms with Crippen molar-refractivity contribution in [3.63, 3.8) is 0 Å². The minimum absolute atomic E-state index is 0.0742. The van der Waals surface area contributed by atoms with E-state index in [4.69, 9.17) is 4.42 Å². The highest BCUT2D eigenvalue weighted by atomic mass is 32.2. The predicted octanol–water partition coefficient (Wildman–Crippen LogP) is 3.17. The summed E-state index contributed by atoms with van der Waals surface area (Å²) in [5.74, 6) is 0.983. The molecule has 0 bridgehead atoms. The molecule has 1 fully saturated rings. The minimum Gasteiger partial charge on any atom is -0.411 e. The Morgan fingerprint density at radius 3 is 2.60 bits per heavy atom. The summed E-state index contributed by atoms with van der Waals surface area (Å²) in [6.45, 7) is 5.99. The lowest BCUT2D eigenvalue weighted by molar-refractivity contribution is -0.118.